The Morgan fingerprint density at radius 3 is 2.52 bits per heavy atom. The Morgan fingerprint density at radius 2 is 1.88 bits per heavy atom. The Balaban J connectivity index is 0.00000385. The number of benzene rings is 1. The Kier molecular flexibility index (Phi) is 11.9. The number of nitrogens with zero attached hydrogens (tertiary/aromatic N) is 6. The largest absolute Gasteiger partial charge is 0.382 e. The fourth-order valence-corrected chi connectivity index (χ4v) is 3.88. The second-order valence-electron chi connectivity index (χ2n) is 8.41. The van der Waals surface area contributed by atoms with E-state index in [4.69, 9.17) is 9.73 Å². The Morgan fingerprint density at radius 1 is 1.15 bits per heavy atom. The monoisotopic (exact) mass is 569 g/mol. The van der Waals surface area contributed by atoms with Gasteiger partial charge in [0, 0.05) is 59.2 Å². The number of rotatable bonds is 10. The molecule has 1 aromatic heterocycles. The normalized spacial score (nSPS) is 14.2. The van der Waals surface area contributed by atoms with Crippen LogP contribution in [0.15, 0.2) is 29.3 Å². The van der Waals surface area contributed by atoms with Crippen molar-refractivity contribution in [2.75, 3.05) is 44.8 Å². The summed E-state index contributed by atoms with van der Waals surface area (Å²) in [7, 11) is 4.05. The van der Waals surface area contributed by atoms with Gasteiger partial charge in [-0.25, -0.2) is 4.99 Å². The van der Waals surface area contributed by atoms with Crippen LogP contribution in [-0.4, -0.2) is 65.5 Å². The molecule has 9 heteroatoms. The summed E-state index contributed by atoms with van der Waals surface area (Å²) < 4.78 is 7.44. The minimum atomic E-state index is 0. The summed E-state index contributed by atoms with van der Waals surface area (Å²) in [5.74, 6) is 2.61. The minimum absolute atomic E-state index is 0. The first-order chi connectivity index (χ1) is 15.6. The van der Waals surface area contributed by atoms with E-state index >= 15 is 0 Å². The standard InChI is InChI=1S/C24H39N7O.HI/c1-5-32-17-9-14-25-24(26-18-23-28-27-20(2)30(23)4)29(3)19-21-10-12-22(13-11-21)31-15-7-6-8-16-31;/h10-13H,5-9,14-19H2,1-4H3,(H,25,26);1H. The third-order valence-electron chi connectivity index (χ3n) is 5.94. The average molecular weight is 570 g/mol. The maximum absolute atomic E-state index is 5.46. The molecule has 1 aromatic carbocycles. The summed E-state index contributed by atoms with van der Waals surface area (Å²) in [6.45, 7) is 9.90. The van der Waals surface area contributed by atoms with Crippen LogP contribution in [0.3, 0.4) is 0 Å². The molecule has 0 radical (unpaired) electrons. The molecule has 184 valence electrons. The number of guanidine groups is 1. The molecule has 1 aliphatic rings. The van der Waals surface area contributed by atoms with Gasteiger partial charge in [0.05, 0.1) is 0 Å². The number of piperidine rings is 1. The number of aliphatic imine (C=N–C) groups is 1. The molecule has 2 aromatic rings. The molecule has 8 nitrogen and oxygen atoms in total. The smallest absolute Gasteiger partial charge is 0.194 e. The molecule has 0 bridgehead atoms. The fraction of sp³-hybridized carbons (Fsp3) is 0.625. The van der Waals surface area contributed by atoms with Crippen LogP contribution in [0.5, 0.6) is 0 Å². The van der Waals surface area contributed by atoms with Gasteiger partial charge in [-0.05, 0) is 57.2 Å². The highest BCUT2D eigenvalue weighted by Gasteiger charge is 2.12. The molecule has 0 atom stereocenters. The summed E-state index contributed by atoms with van der Waals surface area (Å²) in [6, 6.07) is 8.98. The van der Waals surface area contributed by atoms with Crippen molar-refractivity contribution < 1.29 is 4.74 Å². The van der Waals surface area contributed by atoms with Crippen LogP contribution < -0.4 is 10.2 Å². The van der Waals surface area contributed by atoms with E-state index in [1.807, 2.05) is 25.5 Å². The number of nitrogens with one attached hydrogen (secondary N) is 1. The number of ether oxygens (including phenoxy) is 1. The lowest BCUT2D eigenvalue weighted by molar-refractivity contribution is 0.145. The van der Waals surface area contributed by atoms with E-state index in [1.165, 1.54) is 43.6 Å². The third kappa shape index (κ3) is 8.44. The van der Waals surface area contributed by atoms with Crippen molar-refractivity contribution in [2.24, 2.45) is 12.0 Å². The molecule has 1 fully saturated rings. The molecule has 1 aliphatic heterocycles. The second kappa shape index (κ2) is 14.4. The minimum Gasteiger partial charge on any atom is -0.382 e. The van der Waals surface area contributed by atoms with Crippen LogP contribution in [0.25, 0.3) is 0 Å². The van der Waals surface area contributed by atoms with Crippen molar-refractivity contribution in [3.05, 3.63) is 41.5 Å². The van der Waals surface area contributed by atoms with Crippen LogP contribution in [0.1, 0.15) is 49.8 Å². The summed E-state index contributed by atoms with van der Waals surface area (Å²) in [4.78, 5) is 9.49. The lowest BCUT2D eigenvalue weighted by atomic mass is 10.1. The number of aromatic nitrogens is 3. The molecule has 0 saturated carbocycles. The van der Waals surface area contributed by atoms with Gasteiger partial charge in [-0.3, -0.25) is 0 Å². The fourth-order valence-electron chi connectivity index (χ4n) is 3.88. The molecule has 33 heavy (non-hydrogen) atoms. The van der Waals surface area contributed by atoms with Gasteiger partial charge in [-0.15, -0.1) is 34.2 Å². The van der Waals surface area contributed by atoms with Crippen LogP contribution in [0.2, 0.25) is 0 Å². The van der Waals surface area contributed by atoms with Gasteiger partial charge in [0.25, 0.3) is 0 Å². The first kappa shape index (κ1) is 27.4. The van der Waals surface area contributed by atoms with Crippen molar-refractivity contribution in [3.63, 3.8) is 0 Å². The molecule has 3 rings (SSSR count). The van der Waals surface area contributed by atoms with E-state index in [-0.39, 0.29) is 24.0 Å². The predicted molar refractivity (Wildman–Crippen MR) is 145 cm³/mol. The summed E-state index contributed by atoms with van der Waals surface area (Å²) in [5.41, 5.74) is 2.60. The lowest BCUT2D eigenvalue weighted by Gasteiger charge is -2.29. The van der Waals surface area contributed by atoms with E-state index in [1.54, 1.807) is 0 Å². The predicted octanol–water partition coefficient (Wildman–Crippen LogP) is 3.74. The van der Waals surface area contributed by atoms with Crippen molar-refractivity contribution in [1.82, 2.24) is 25.0 Å². The average Bonchev–Trinajstić information content (AvgIpc) is 3.14. The van der Waals surface area contributed by atoms with Crippen molar-refractivity contribution in [3.8, 4) is 0 Å². The number of hydrogen-bond acceptors (Lipinski definition) is 5. The molecule has 0 aliphatic carbocycles. The van der Waals surface area contributed by atoms with Crippen molar-refractivity contribution in [1.29, 1.82) is 0 Å². The highest BCUT2D eigenvalue weighted by Crippen LogP contribution is 2.20. The molecule has 0 spiro atoms. The maximum Gasteiger partial charge on any atom is 0.194 e. The Hall–Kier alpha value is -1.88. The summed E-state index contributed by atoms with van der Waals surface area (Å²) >= 11 is 0. The van der Waals surface area contributed by atoms with Gasteiger partial charge in [-0.2, -0.15) is 0 Å². The van der Waals surface area contributed by atoms with Crippen molar-refractivity contribution in [2.45, 2.75) is 52.6 Å². The van der Waals surface area contributed by atoms with E-state index in [9.17, 15) is 0 Å². The van der Waals surface area contributed by atoms with Crippen LogP contribution in [0.4, 0.5) is 5.69 Å². The highest BCUT2D eigenvalue weighted by atomic mass is 127. The molecule has 1 saturated heterocycles. The maximum atomic E-state index is 5.46. The zero-order valence-electron chi connectivity index (χ0n) is 20.6. The Bertz CT molecular complexity index is 847. The second-order valence-corrected chi connectivity index (χ2v) is 8.41. The van der Waals surface area contributed by atoms with E-state index in [0.717, 1.165) is 50.3 Å². The topological polar surface area (TPSA) is 70.8 Å². The van der Waals surface area contributed by atoms with E-state index in [0.29, 0.717) is 6.54 Å². The van der Waals surface area contributed by atoms with Gasteiger partial charge in [0.2, 0.25) is 0 Å². The molecular formula is C24H40IN7O. The first-order valence-corrected chi connectivity index (χ1v) is 11.8. The summed E-state index contributed by atoms with van der Waals surface area (Å²) in [6.07, 6.45) is 4.88. The van der Waals surface area contributed by atoms with E-state index < -0.39 is 0 Å². The number of aryl methyl sites for hydroxylation is 1. The third-order valence-corrected chi connectivity index (χ3v) is 5.94. The zero-order chi connectivity index (χ0) is 22.8. The Labute approximate surface area is 215 Å². The summed E-state index contributed by atoms with van der Waals surface area (Å²) in [5, 5.41) is 11.9. The lowest BCUT2D eigenvalue weighted by Crippen LogP contribution is -2.39. The van der Waals surface area contributed by atoms with Crippen LogP contribution in [-0.2, 0) is 24.9 Å². The SMILES string of the molecule is CCOCCCNC(=NCc1nnc(C)n1C)N(C)Cc1ccc(N2CCCCC2)cc1.I. The molecule has 2 heterocycles. The van der Waals surface area contributed by atoms with Gasteiger partial charge < -0.3 is 24.4 Å². The quantitative estimate of drug-likeness (QED) is 0.204. The van der Waals surface area contributed by atoms with E-state index in [2.05, 4.69) is 56.6 Å². The van der Waals surface area contributed by atoms with Gasteiger partial charge in [-0.1, -0.05) is 12.1 Å². The van der Waals surface area contributed by atoms with Crippen LogP contribution in [0, 0.1) is 6.92 Å². The molecule has 0 unspecified atom stereocenters. The highest BCUT2D eigenvalue weighted by molar-refractivity contribution is 14.0. The first-order valence-electron chi connectivity index (χ1n) is 11.8. The zero-order valence-corrected chi connectivity index (χ0v) is 22.9. The van der Waals surface area contributed by atoms with Gasteiger partial charge in [0.15, 0.2) is 11.8 Å². The molecule has 1 N–H and O–H groups in total. The van der Waals surface area contributed by atoms with Gasteiger partial charge in [0.1, 0.15) is 12.4 Å². The van der Waals surface area contributed by atoms with Crippen LogP contribution >= 0.6 is 24.0 Å². The number of halogens is 1. The number of anilines is 1. The number of hydrogen-bond donors (Lipinski definition) is 1. The van der Waals surface area contributed by atoms with Gasteiger partial charge >= 0.3 is 0 Å². The molecule has 0 amide bonds. The molecular weight excluding hydrogens is 529 g/mol. The van der Waals surface area contributed by atoms with Crippen molar-refractivity contribution >= 4 is 35.6 Å².